The molecule has 1 aliphatic heterocycles. The lowest BCUT2D eigenvalue weighted by atomic mass is 10.0. The highest BCUT2D eigenvalue weighted by molar-refractivity contribution is 5.91. The van der Waals surface area contributed by atoms with E-state index in [1.807, 2.05) is 4.90 Å². The van der Waals surface area contributed by atoms with E-state index in [9.17, 15) is 24.6 Å². The van der Waals surface area contributed by atoms with Gasteiger partial charge in [0.1, 0.15) is 17.8 Å². The molecule has 1 aliphatic rings. The number of hydrogen-bond acceptors (Lipinski definition) is 7. The van der Waals surface area contributed by atoms with Gasteiger partial charge in [0, 0.05) is 19.5 Å². The first-order valence-electron chi connectivity index (χ1n) is 9.73. The van der Waals surface area contributed by atoms with E-state index in [0.717, 1.165) is 0 Å². The van der Waals surface area contributed by atoms with Gasteiger partial charge in [-0.3, -0.25) is 14.5 Å². The third-order valence-corrected chi connectivity index (χ3v) is 4.77. The number of carboxylic acids is 1. The van der Waals surface area contributed by atoms with Crippen molar-refractivity contribution in [3.05, 3.63) is 29.8 Å². The quantitative estimate of drug-likeness (QED) is 0.376. The lowest BCUT2D eigenvalue weighted by Crippen LogP contribution is -2.57. The largest absolute Gasteiger partial charge is 0.497 e. The summed E-state index contributed by atoms with van der Waals surface area (Å²) in [6.07, 6.45) is -1.16. The number of aliphatic hydroxyl groups is 1. The van der Waals surface area contributed by atoms with Crippen molar-refractivity contribution in [2.75, 3.05) is 40.0 Å². The van der Waals surface area contributed by atoms with Crippen LogP contribution in [0.4, 0.5) is 0 Å². The van der Waals surface area contributed by atoms with Crippen molar-refractivity contribution in [3.63, 3.8) is 0 Å². The van der Waals surface area contributed by atoms with E-state index in [2.05, 4.69) is 10.6 Å². The number of ether oxygens (including phenoxy) is 2. The average molecular weight is 423 g/mol. The maximum Gasteiger partial charge on any atom is 0.326 e. The maximum absolute atomic E-state index is 12.6. The zero-order valence-electron chi connectivity index (χ0n) is 17.2. The van der Waals surface area contributed by atoms with Crippen molar-refractivity contribution in [1.82, 2.24) is 15.5 Å². The number of morpholine rings is 1. The van der Waals surface area contributed by atoms with Crippen LogP contribution in [0.3, 0.4) is 0 Å². The predicted octanol–water partition coefficient (Wildman–Crippen LogP) is -0.995. The Morgan fingerprint density at radius 2 is 1.80 bits per heavy atom. The van der Waals surface area contributed by atoms with Gasteiger partial charge in [-0.25, -0.2) is 4.79 Å². The van der Waals surface area contributed by atoms with Gasteiger partial charge in [0.05, 0.1) is 33.0 Å². The summed E-state index contributed by atoms with van der Waals surface area (Å²) in [6.45, 7) is 3.68. The summed E-state index contributed by atoms with van der Waals surface area (Å²) >= 11 is 0. The number of nitrogens with one attached hydrogen (secondary N) is 2. The predicted molar refractivity (Wildman–Crippen MR) is 107 cm³/mol. The molecule has 2 rings (SSSR count). The van der Waals surface area contributed by atoms with Crippen LogP contribution in [0.5, 0.6) is 5.75 Å². The van der Waals surface area contributed by atoms with E-state index in [-0.39, 0.29) is 13.0 Å². The Bertz CT molecular complexity index is 718. The highest BCUT2D eigenvalue weighted by atomic mass is 16.5. The average Bonchev–Trinajstić information content (AvgIpc) is 2.72. The molecule has 2 amide bonds. The first-order chi connectivity index (χ1) is 14.3. The van der Waals surface area contributed by atoms with Gasteiger partial charge in [-0.2, -0.15) is 0 Å². The van der Waals surface area contributed by atoms with E-state index in [1.54, 1.807) is 24.3 Å². The van der Waals surface area contributed by atoms with Gasteiger partial charge in [0.25, 0.3) is 0 Å². The number of rotatable bonds is 10. The molecule has 0 aliphatic carbocycles. The number of aliphatic carboxylic acids is 1. The van der Waals surface area contributed by atoms with Crippen LogP contribution in [0.15, 0.2) is 24.3 Å². The van der Waals surface area contributed by atoms with Crippen LogP contribution in [0.25, 0.3) is 0 Å². The fraction of sp³-hybridized carbons (Fsp3) is 0.550. The van der Waals surface area contributed by atoms with Crippen molar-refractivity contribution >= 4 is 17.8 Å². The number of carbonyl (C=O) groups is 3. The third kappa shape index (κ3) is 7.29. The van der Waals surface area contributed by atoms with E-state index in [1.165, 1.54) is 14.0 Å². The molecule has 1 unspecified atom stereocenters. The third-order valence-electron chi connectivity index (χ3n) is 4.77. The van der Waals surface area contributed by atoms with Crippen molar-refractivity contribution < 1.29 is 34.1 Å². The normalized spacial score (nSPS) is 17.4. The number of methoxy groups -OCH3 is 1. The highest BCUT2D eigenvalue weighted by Crippen LogP contribution is 2.13. The number of carboxylic acid groups (broad SMARTS) is 1. The minimum atomic E-state index is -1.27. The molecule has 0 bridgehead atoms. The maximum atomic E-state index is 12.6. The molecule has 1 aromatic carbocycles. The molecule has 166 valence electrons. The summed E-state index contributed by atoms with van der Waals surface area (Å²) in [5, 5.41) is 24.4. The Labute approximate surface area is 175 Å². The highest BCUT2D eigenvalue weighted by Gasteiger charge is 2.30. The van der Waals surface area contributed by atoms with Gasteiger partial charge < -0.3 is 30.3 Å². The number of nitrogens with zero attached hydrogens (tertiary/aromatic N) is 1. The molecule has 1 aromatic rings. The summed E-state index contributed by atoms with van der Waals surface area (Å²) in [4.78, 5) is 38.4. The number of carbonyl (C=O) groups excluding carboxylic acids is 2. The molecule has 0 spiro atoms. The molecule has 0 aromatic heterocycles. The van der Waals surface area contributed by atoms with Crippen LogP contribution >= 0.6 is 0 Å². The van der Waals surface area contributed by atoms with Crippen LogP contribution in [-0.4, -0.2) is 91.0 Å². The van der Waals surface area contributed by atoms with Crippen LogP contribution in [0, 0.1) is 0 Å². The van der Waals surface area contributed by atoms with E-state index in [4.69, 9.17) is 9.47 Å². The van der Waals surface area contributed by atoms with Gasteiger partial charge in [-0.05, 0) is 24.6 Å². The van der Waals surface area contributed by atoms with Gasteiger partial charge in [-0.15, -0.1) is 0 Å². The first-order valence-corrected chi connectivity index (χ1v) is 9.73. The molecule has 3 atom stereocenters. The summed E-state index contributed by atoms with van der Waals surface area (Å²) in [5.74, 6) is -1.78. The van der Waals surface area contributed by atoms with Crippen LogP contribution in [0.1, 0.15) is 12.5 Å². The molecule has 30 heavy (non-hydrogen) atoms. The second-order valence-electron chi connectivity index (χ2n) is 7.13. The van der Waals surface area contributed by atoms with E-state index < -0.39 is 36.0 Å². The molecule has 0 radical (unpaired) electrons. The molecule has 1 heterocycles. The fourth-order valence-electron chi connectivity index (χ4n) is 3.05. The van der Waals surface area contributed by atoms with Crippen LogP contribution in [0.2, 0.25) is 0 Å². The number of benzene rings is 1. The Morgan fingerprint density at radius 1 is 1.17 bits per heavy atom. The number of aliphatic hydroxyl groups excluding tert-OH is 1. The topological polar surface area (TPSA) is 137 Å². The second kappa shape index (κ2) is 11.5. The molecule has 4 N–H and O–H groups in total. The van der Waals surface area contributed by atoms with Gasteiger partial charge in [-0.1, -0.05) is 12.1 Å². The van der Waals surface area contributed by atoms with Crippen LogP contribution in [-0.2, 0) is 25.5 Å². The zero-order valence-corrected chi connectivity index (χ0v) is 17.2. The minimum Gasteiger partial charge on any atom is -0.497 e. The number of amides is 2. The van der Waals surface area contributed by atoms with Crippen molar-refractivity contribution in [1.29, 1.82) is 0 Å². The molecular weight excluding hydrogens is 394 g/mol. The molecular formula is C20H29N3O7. The monoisotopic (exact) mass is 423 g/mol. The smallest absolute Gasteiger partial charge is 0.326 e. The van der Waals surface area contributed by atoms with Gasteiger partial charge >= 0.3 is 5.97 Å². The lowest BCUT2D eigenvalue weighted by molar-refractivity contribution is -0.142. The summed E-state index contributed by atoms with van der Waals surface area (Å²) in [5.41, 5.74) is 0.688. The van der Waals surface area contributed by atoms with Gasteiger partial charge in [0.15, 0.2) is 0 Å². The SMILES string of the molecule is COc1ccc(CC(NC(=O)[C@@H](NC(=O)CN2CCOCC2)[C@@H](C)O)C(=O)O)cc1. The van der Waals surface area contributed by atoms with Crippen LogP contribution < -0.4 is 15.4 Å². The Balaban J connectivity index is 1.97. The molecule has 10 heteroatoms. The van der Waals surface area contributed by atoms with E-state index in [0.29, 0.717) is 37.6 Å². The summed E-state index contributed by atoms with van der Waals surface area (Å²) in [7, 11) is 1.53. The Hall–Kier alpha value is -2.69. The Morgan fingerprint density at radius 3 is 2.33 bits per heavy atom. The van der Waals surface area contributed by atoms with Crippen molar-refractivity contribution in [2.24, 2.45) is 0 Å². The minimum absolute atomic E-state index is 0.0410. The van der Waals surface area contributed by atoms with Gasteiger partial charge in [0.2, 0.25) is 11.8 Å². The first kappa shape index (κ1) is 23.6. The summed E-state index contributed by atoms with van der Waals surface area (Å²) in [6, 6.07) is 4.31. The van der Waals surface area contributed by atoms with Crippen molar-refractivity contribution in [3.8, 4) is 5.75 Å². The lowest BCUT2D eigenvalue weighted by Gasteiger charge is -2.28. The molecule has 0 saturated carbocycles. The van der Waals surface area contributed by atoms with Crippen molar-refractivity contribution in [2.45, 2.75) is 31.5 Å². The fourth-order valence-corrected chi connectivity index (χ4v) is 3.05. The summed E-state index contributed by atoms with van der Waals surface area (Å²) < 4.78 is 10.3. The molecule has 1 fully saturated rings. The second-order valence-corrected chi connectivity index (χ2v) is 7.13. The zero-order chi connectivity index (χ0) is 22.1. The molecule has 10 nitrogen and oxygen atoms in total. The number of hydrogen-bond donors (Lipinski definition) is 4. The standard InChI is InChI=1S/C20H29N3O7/c1-13(24)18(22-17(25)12-23-7-9-30-10-8-23)19(26)21-16(20(27)28)11-14-3-5-15(29-2)6-4-14/h3-6,13,16,18,24H,7-12H2,1-2H3,(H,21,26)(H,22,25)(H,27,28)/t13-,16?,18+/m1/s1. The van der Waals surface area contributed by atoms with E-state index >= 15 is 0 Å². The Kier molecular flexibility index (Phi) is 9.03. The molecule has 1 saturated heterocycles.